The molecule has 1 saturated carbocycles. The molecule has 0 atom stereocenters. The van der Waals surface area contributed by atoms with Crippen LogP contribution in [0.3, 0.4) is 0 Å². The Morgan fingerprint density at radius 3 is 2.33 bits per heavy atom. The molecule has 2 fully saturated rings. The number of nitrogens with zero attached hydrogens (tertiary/aromatic N) is 3. The largest absolute Gasteiger partial charge is 0.293 e. The summed E-state index contributed by atoms with van der Waals surface area (Å²) < 4.78 is 0. The van der Waals surface area contributed by atoms with E-state index in [-0.39, 0.29) is 0 Å². The maximum absolute atomic E-state index is 4.14. The molecule has 0 unspecified atom stereocenters. The predicted molar refractivity (Wildman–Crippen MR) is 72.1 cm³/mol. The van der Waals surface area contributed by atoms with E-state index in [4.69, 9.17) is 0 Å². The lowest BCUT2D eigenvalue weighted by Crippen LogP contribution is -2.42. The SMILES string of the molecule is c1ncc(CN2CCCC23CCCCCC3)cn1. The Morgan fingerprint density at radius 1 is 0.944 bits per heavy atom. The second-order valence-corrected chi connectivity index (χ2v) is 5.91. The van der Waals surface area contributed by atoms with E-state index in [9.17, 15) is 0 Å². The summed E-state index contributed by atoms with van der Waals surface area (Å²) in [5.41, 5.74) is 1.77. The minimum absolute atomic E-state index is 0.506. The highest BCUT2D eigenvalue weighted by Crippen LogP contribution is 2.41. The van der Waals surface area contributed by atoms with E-state index in [0.29, 0.717) is 5.54 Å². The summed E-state index contributed by atoms with van der Waals surface area (Å²) in [4.78, 5) is 11.0. The Bertz CT molecular complexity index is 369. The third-order valence-electron chi connectivity index (χ3n) is 4.76. The van der Waals surface area contributed by atoms with Gasteiger partial charge in [0.05, 0.1) is 0 Å². The fourth-order valence-corrected chi connectivity index (χ4v) is 3.83. The van der Waals surface area contributed by atoms with Crippen LogP contribution >= 0.6 is 0 Å². The lowest BCUT2D eigenvalue weighted by Gasteiger charge is -2.38. The highest BCUT2D eigenvalue weighted by atomic mass is 15.2. The van der Waals surface area contributed by atoms with E-state index in [2.05, 4.69) is 14.9 Å². The van der Waals surface area contributed by atoms with E-state index in [0.717, 1.165) is 6.54 Å². The van der Waals surface area contributed by atoms with Crippen molar-refractivity contribution >= 4 is 0 Å². The van der Waals surface area contributed by atoms with Gasteiger partial charge in [-0.3, -0.25) is 4.90 Å². The van der Waals surface area contributed by atoms with Crippen molar-refractivity contribution in [3.8, 4) is 0 Å². The predicted octanol–water partition coefficient (Wildman–Crippen LogP) is 3.17. The second kappa shape index (κ2) is 5.35. The third kappa shape index (κ3) is 2.41. The average molecular weight is 245 g/mol. The summed E-state index contributed by atoms with van der Waals surface area (Å²) in [6.07, 6.45) is 16.8. The van der Waals surface area contributed by atoms with Gasteiger partial charge in [-0.2, -0.15) is 0 Å². The molecule has 1 aliphatic carbocycles. The van der Waals surface area contributed by atoms with Gasteiger partial charge < -0.3 is 0 Å². The molecule has 3 heteroatoms. The Kier molecular flexibility index (Phi) is 3.59. The molecule has 1 aromatic rings. The molecule has 0 radical (unpaired) electrons. The zero-order valence-corrected chi connectivity index (χ0v) is 11.1. The maximum atomic E-state index is 4.14. The molecule has 0 bridgehead atoms. The molecule has 3 nitrogen and oxygen atoms in total. The van der Waals surface area contributed by atoms with Crippen LogP contribution in [-0.2, 0) is 6.54 Å². The summed E-state index contributed by atoms with van der Waals surface area (Å²) >= 11 is 0. The highest BCUT2D eigenvalue weighted by Gasteiger charge is 2.40. The molecule has 0 amide bonds. The molecule has 1 aromatic heterocycles. The first-order chi connectivity index (χ1) is 8.89. The first kappa shape index (κ1) is 12.1. The number of hydrogen-bond donors (Lipinski definition) is 0. The lowest BCUT2D eigenvalue weighted by atomic mass is 9.87. The van der Waals surface area contributed by atoms with Gasteiger partial charge in [-0.1, -0.05) is 25.7 Å². The quantitative estimate of drug-likeness (QED) is 0.801. The molecule has 1 saturated heterocycles. The number of rotatable bonds is 2. The second-order valence-electron chi connectivity index (χ2n) is 5.91. The van der Waals surface area contributed by atoms with E-state index in [1.165, 1.54) is 63.5 Å². The minimum atomic E-state index is 0.506. The molecule has 2 heterocycles. The van der Waals surface area contributed by atoms with Gasteiger partial charge in [0, 0.05) is 30.0 Å². The first-order valence-corrected chi connectivity index (χ1v) is 7.38. The Balaban J connectivity index is 1.74. The van der Waals surface area contributed by atoms with Crippen LogP contribution in [0.2, 0.25) is 0 Å². The van der Waals surface area contributed by atoms with Crippen molar-refractivity contribution in [1.82, 2.24) is 14.9 Å². The standard InChI is InChI=1S/C15H23N3/c1-2-4-7-15(6-3-1)8-5-9-18(15)12-14-10-16-13-17-11-14/h10-11,13H,1-9,12H2. The van der Waals surface area contributed by atoms with Crippen LogP contribution in [-0.4, -0.2) is 27.0 Å². The number of hydrogen-bond acceptors (Lipinski definition) is 3. The van der Waals surface area contributed by atoms with E-state index >= 15 is 0 Å². The Morgan fingerprint density at radius 2 is 1.61 bits per heavy atom. The van der Waals surface area contributed by atoms with Gasteiger partial charge in [-0.15, -0.1) is 0 Å². The summed E-state index contributed by atoms with van der Waals surface area (Å²) in [5, 5.41) is 0. The molecule has 0 N–H and O–H groups in total. The van der Waals surface area contributed by atoms with Gasteiger partial charge in [0.2, 0.25) is 0 Å². The summed E-state index contributed by atoms with van der Waals surface area (Å²) in [5.74, 6) is 0. The molecule has 3 rings (SSSR count). The fourth-order valence-electron chi connectivity index (χ4n) is 3.83. The molecule has 0 aromatic carbocycles. The van der Waals surface area contributed by atoms with Gasteiger partial charge in [0.15, 0.2) is 0 Å². The number of likely N-dealkylation sites (tertiary alicyclic amines) is 1. The minimum Gasteiger partial charge on any atom is -0.293 e. The van der Waals surface area contributed by atoms with Gasteiger partial charge >= 0.3 is 0 Å². The molecule has 1 spiro atoms. The molecule has 2 aliphatic rings. The molecular formula is C15H23N3. The fraction of sp³-hybridized carbons (Fsp3) is 0.733. The molecule has 1 aliphatic heterocycles. The van der Waals surface area contributed by atoms with Crippen LogP contribution in [0.5, 0.6) is 0 Å². The maximum Gasteiger partial charge on any atom is 0.115 e. The van der Waals surface area contributed by atoms with Gasteiger partial charge in [0.1, 0.15) is 6.33 Å². The topological polar surface area (TPSA) is 29.0 Å². The van der Waals surface area contributed by atoms with Crippen LogP contribution in [0.4, 0.5) is 0 Å². The average Bonchev–Trinajstić information content (AvgIpc) is 2.63. The van der Waals surface area contributed by atoms with Crippen molar-refractivity contribution < 1.29 is 0 Å². The van der Waals surface area contributed by atoms with Gasteiger partial charge in [0.25, 0.3) is 0 Å². The Labute approximate surface area is 110 Å². The highest BCUT2D eigenvalue weighted by molar-refractivity contribution is 5.06. The Hall–Kier alpha value is -0.960. The summed E-state index contributed by atoms with van der Waals surface area (Å²) in [6, 6.07) is 0. The zero-order valence-electron chi connectivity index (χ0n) is 11.1. The van der Waals surface area contributed by atoms with Gasteiger partial charge in [-0.05, 0) is 32.2 Å². The van der Waals surface area contributed by atoms with Crippen molar-refractivity contribution in [2.75, 3.05) is 6.54 Å². The first-order valence-electron chi connectivity index (χ1n) is 7.38. The van der Waals surface area contributed by atoms with Crippen molar-refractivity contribution in [2.45, 2.75) is 63.5 Å². The summed E-state index contributed by atoms with van der Waals surface area (Å²) in [7, 11) is 0. The molecule has 18 heavy (non-hydrogen) atoms. The van der Waals surface area contributed by atoms with Crippen molar-refractivity contribution in [1.29, 1.82) is 0 Å². The van der Waals surface area contributed by atoms with Crippen LogP contribution in [0.15, 0.2) is 18.7 Å². The molecular weight excluding hydrogens is 222 g/mol. The zero-order chi connectivity index (χ0) is 12.3. The van der Waals surface area contributed by atoms with Crippen LogP contribution in [0.25, 0.3) is 0 Å². The smallest absolute Gasteiger partial charge is 0.115 e. The monoisotopic (exact) mass is 245 g/mol. The lowest BCUT2D eigenvalue weighted by molar-refractivity contribution is 0.110. The van der Waals surface area contributed by atoms with Crippen molar-refractivity contribution in [3.05, 3.63) is 24.3 Å². The molecule has 98 valence electrons. The van der Waals surface area contributed by atoms with E-state index in [1.807, 2.05) is 12.4 Å². The van der Waals surface area contributed by atoms with E-state index < -0.39 is 0 Å². The van der Waals surface area contributed by atoms with Crippen molar-refractivity contribution in [3.63, 3.8) is 0 Å². The van der Waals surface area contributed by atoms with Gasteiger partial charge in [-0.25, -0.2) is 9.97 Å². The normalized spacial score (nSPS) is 24.2. The van der Waals surface area contributed by atoms with Crippen LogP contribution in [0.1, 0.15) is 56.9 Å². The van der Waals surface area contributed by atoms with E-state index in [1.54, 1.807) is 6.33 Å². The van der Waals surface area contributed by atoms with Crippen LogP contribution < -0.4 is 0 Å². The number of aromatic nitrogens is 2. The summed E-state index contributed by atoms with van der Waals surface area (Å²) in [6.45, 7) is 2.30. The van der Waals surface area contributed by atoms with Crippen molar-refractivity contribution in [2.24, 2.45) is 0 Å². The van der Waals surface area contributed by atoms with Crippen LogP contribution in [0, 0.1) is 0 Å². The third-order valence-corrected chi connectivity index (χ3v) is 4.76.